The first-order valence-corrected chi connectivity index (χ1v) is 9.43. The van der Waals surface area contributed by atoms with Crippen molar-refractivity contribution < 1.29 is 9.59 Å². The van der Waals surface area contributed by atoms with E-state index in [-0.39, 0.29) is 18.4 Å². The zero-order valence-corrected chi connectivity index (χ0v) is 16.9. The Morgan fingerprint density at radius 1 is 1.04 bits per heavy atom. The van der Waals surface area contributed by atoms with Gasteiger partial charge in [0.05, 0.1) is 17.8 Å². The first-order valence-electron chi connectivity index (χ1n) is 8.64. The number of aryl methyl sites for hydroxylation is 1. The Morgan fingerprint density at radius 2 is 1.73 bits per heavy atom. The first kappa shape index (κ1) is 20.0. The predicted octanol–water partition coefficient (Wildman–Crippen LogP) is 4.29. The third kappa shape index (κ3) is 5.08. The van der Waals surface area contributed by atoms with E-state index in [1.54, 1.807) is 11.0 Å². The summed E-state index contributed by atoms with van der Waals surface area (Å²) in [5, 5.41) is 5.93. The van der Waals surface area contributed by atoms with Crippen molar-refractivity contribution in [1.29, 1.82) is 0 Å². The van der Waals surface area contributed by atoms with Gasteiger partial charge in [0, 0.05) is 23.2 Å². The molecule has 2 aromatic carbocycles. The number of nitrogens with one attached hydrogen (secondary N) is 2. The number of hydrogen-bond donors (Lipinski definition) is 2. The van der Waals surface area contributed by atoms with Crippen LogP contribution >= 0.6 is 15.9 Å². The molecule has 2 amide bonds. The lowest BCUT2D eigenvalue weighted by Gasteiger charge is -2.20. The van der Waals surface area contributed by atoms with Crippen LogP contribution in [0.5, 0.6) is 0 Å². The van der Waals surface area contributed by atoms with E-state index in [1.807, 2.05) is 57.2 Å². The van der Waals surface area contributed by atoms with Crippen LogP contribution in [0.25, 0.3) is 0 Å². The standard InChI is InChI=1S/C20H24BrN3O2/c1-4-24(5-2)20(26)15-8-6-7-9-17(15)22-13-19(25)23-18-11-10-14(3)12-16(18)21/h6-12,22H,4-5,13H2,1-3H3,(H,23,25). The van der Waals surface area contributed by atoms with Crippen molar-refractivity contribution in [2.45, 2.75) is 20.8 Å². The molecule has 0 unspecified atom stereocenters. The molecule has 2 rings (SSSR count). The summed E-state index contributed by atoms with van der Waals surface area (Å²) in [7, 11) is 0. The van der Waals surface area contributed by atoms with E-state index in [9.17, 15) is 9.59 Å². The van der Waals surface area contributed by atoms with Crippen LogP contribution in [-0.4, -0.2) is 36.3 Å². The molecule has 5 nitrogen and oxygen atoms in total. The number of carbonyl (C=O) groups excluding carboxylic acids is 2. The lowest BCUT2D eigenvalue weighted by Crippen LogP contribution is -2.31. The van der Waals surface area contributed by atoms with Gasteiger partial charge >= 0.3 is 0 Å². The fraction of sp³-hybridized carbons (Fsp3) is 0.300. The highest BCUT2D eigenvalue weighted by molar-refractivity contribution is 9.10. The maximum atomic E-state index is 12.6. The molecular weight excluding hydrogens is 394 g/mol. The molecule has 2 aromatic rings. The van der Waals surface area contributed by atoms with Gasteiger partial charge < -0.3 is 15.5 Å². The van der Waals surface area contributed by atoms with Crippen molar-refractivity contribution in [2.75, 3.05) is 30.3 Å². The van der Waals surface area contributed by atoms with Crippen molar-refractivity contribution in [3.8, 4) is 0 Å². The summed E-state index contributed by atoms with van der Waals surface area (Å²) in [6.45, 7) is 7.25. The topological polar surface area (TPSA) is 61.4 Å². The Hall–Kier alpha value is -2.34. The molecule has 2 N–H and O–H groups in total. The highest BCUT2D eigenvalue weighted by Gasteiger charge is 2.16. The van der Waals surface area contributed by atoms with Crippen molar-refractivity contribution in [1.82, 2.24) is 4.90 Å². The lowest BCUT2D eigenvalue weighted by atomic mass is 10.1. The molecule has 138 valence electrons. The minimum absolute atomic E-state index is 0.0419. The third-order valence-electron chi connectivity index (χ3n) is 4.05. The molecule has 0 aliphatic carbocycles. The minimum Gasteiger partial charge on any atom is -0.376 e. The number of nitrogens with zero attached hydrogens (tertiary/aromatic N) is 1. The molecule has 0 aliphatic rings. The predicted molar refractivity (Wildman–Crippen MR) is 110 cm³/mol. The molecule has 0 fully saturated rings. The summed E-state index contributed by atoms with van der Waals surface area (Å²) in [6, 6.07) is 13.0. The average molecular weight is 418 g/mol. The second-order valence-electron chi connectivity index (χ2n) is 5.91. The van der Waals surface area contributed by atoms with Crippen molar-refractivity contribution in [2.24, 2.45) is 0 Å². The third-order valence-corrected chi connectivity index (χ3v) is 4.70. The Labute approximate surface area is 162 Å². The number of hydrogen-bond acceptors (Lipinski definition) is 3. The quantitative estimate of drug-likeness (QED) is 0.705. The van der Waals surface area contributed by atoms with Crippen LogP contribution in [0.15, 0.2) is 46.9 Å². The van der Waals surface area contributed by atoms with E-state index in [1.165, 1.54) is 0 Å². The first-order chi connectivity index (χ1) is 12.5. The summed E-state index contributed by atoms with van der Waals surface area (Å²) < 4.78 is 0.836. The molecule has 0 aliphatic heterocycles. The van der Waals surface area contributed by atoms with Crippen LogP contribution in [0.2, 0.25) is 0 Å². The van der Waals surface area contributed by atoms with Gasteiger partial charge in [0.2, 0.25) is 5.91 Å². The van der Waals surface area contributed by atoms with Crippen LogP contribution < -0.4 is 10.6 Å². The molecule has 0 saturated carbocycles. The van der Waals surface area contributed by atoms with Gasteiger partial charge in [-0.3, -0.25) is 9.59 Å². The summed E-state index contributed by atoms with van der Waals surface area (Å²) >= 11 is 3.45. The van der Waals surface area contributed by atoms with E-state index in [0.29, 0.717) is 24.3 Å². The lowest BCUT2D eigenvalue weighted by molar-refractivity contribution is -0.114. The van der Waals surface area contributed by atoms with Gasteiger partial charge in [0.25, 0.3) is 5.91 Å². The molecule has 0 bridgehead atoms. The maximum absolute atomic E-state index is 12.6. The number of amides is 2. The number of halogens is 1. The van der Waals surface area contributed by atoms with Crippen LogP contribution in [0.1, 0.15) is 29.8 Å². The van der Waals surface area contributed by atoms with Crippen LogP contribution in [-0.2, 0) is 4.79 Å². The summed E-state index contributed by atoms with van der Waals surface area (Å²) in [4.78, 5) is 26.6. The van der Waals surface area contributed by atoms with Crippen LogP contribution in [0.3, 0.4) is 0 Å². The fourth-order valence-corrected chi connectivity index (χ4v) is 3.19. The van der Waals surface area contributed by atoms with Gasteiger partial charge in [-0.2, -0.15) is 0 Å². The highest BCUT2D eigenvalue weighted by atomic mass is 79.9. The highest BCUT2D eigenvalue weighted by Crippen LogP contribution is 2.23. The van der Waals surface area contributed by atoms with E-state index in [2.05, 4.69) is 26.6 Å². The molecule has 0 saturated heterocycles. The minimum atomic E-state index is -0.181. The van der Waals surface area contributed by atoms with Gasteiger partial charge in [0.15, 0.2) is 0 Å². The number of rotatable bonds is 7. The molecule has 0 spiro atoms. The number of anilines is 2. The Morgan fingerprint density at radius 3 is 2.38 bits per heavy atom. The zero-order valence-electron chi connectivity index (χ0n) is 15.3. The van der Waals surface area contributed by atoms with E-state index in [4.69, 9.17) is 0 Å². The van der Waals surface area contributed by atoms with Gasteiger partial charge in [0.1, 0.15) is 0 Å². The van der Waals surface area contributed by atoms with Crippen molar-refractivity contribution in [3.05, 3.63) is 58.1 Å². The number of benzene rings is 2. The molecule has 0 heterocycles. The van der Waals surface area contributed by atoms with E-state index >= 15 is 0 Å². The van der Waals surface area contributed by atoms with E-state index < -0.39 is 0 Å². The smallest absolute Gasteiger partial charge is 0.255 e. The normalized spacial score (nSPS) is 10.3. The molecule has 0 radical (unpaired) electrons. The Bertz CT molecular complexity index is 788. The zero-order chi connectivity index (χ0) is 19.1. The largest absolute Gasteiger partial charge is 0.376 e. The van der Waals surface area contributed by atoms with Gasteiger partial charge in [-0.1, -0.05) is 18.2 Å². The summed E-state index contributed by atoms with van der Waals surface area (Å²) in [5.74, 6) is -0.223. The van der Waals surface area contributed by atoms with E-state index in [0.717, 1.165) is 15.7 Å². The molecule has 0 atom stereocenters. The monoisotopic (exact) mass is 417 g/mol. The molecule has 0 aromatic heterocycles. The number of para-hydroxylation sites is 1. The van der Waals surface area contributed by atoms with Gasteiger partial charge in [-0.25, -0.2) is 0 Å². The van der Waals surface area contributed by atoms with Crippen molar-refractivity contribution in [3.63, 3.8) is 0 Å². The van der Waals surface area contributed by atoms with Gasteiger partial charge in [-0.05, 0) is 66.5 Å². The Balaban J connectivity index is 2.05. The second-order valence-corrected chi connectivity index (χ2v) is 6.76. The fourth-order valence-electron chi connectivity index (χ4n) is 2.60. The van der Waals surface area contributed by atoms with Crippen LogP contribution in [0.4, 0.5) is 11.4 Å². The molecule has 26 heavy (non-hydrogen) atoms. The van der Waals surface area contributed by atoms with Gasteiger partial charge in [-0.15, -0.1) is 0 Å². The molecule has 6 heteroatoms. The molecular formula is C20H24BrN3O2. The summed E-state index contributed by atoms with van der Waals surface area (Å²) in [6.07, 6.45) is 0. The second kappa shape index (κ2) is 9.38. The Kier molecular flexibility index (Phi) is 7.21. The average Bonchev–Trinajstić information content (AvgIpc) is 2.63. The van der Waals surface area contributed by atoms with Crippen molar-refractivity contribution >= 4 is 39.1 Å². The SMILES string of the molecule is CCN(CC)C(=O)c1ccccc1NCC(=O)Nc1ccc(C)cc1Br. The maximum Gasteiger partial charge on any atom is 0.255 e. The number of carbonyl (C=O) groups is 2. The summed E-state index contributed by atoms with van der Waals surface area (Å²) in [5.41, 5.74) is 3.05. The van der Waals surface area contributed by atoms with Crippen LogP contribution in [0, 0.1) is 6.92 Å².